The van der Waals surface area contributed by atoms with E-state index >= 15 is 0 Å². The van der Waals surface area contributed by atoms with E-state index in [-0.39, 0.29) is 47.6 Å². The summed E-state index contributed by atoms with van der Waals surface area (Å²) in [5, 5.41) is 5.65. The van der Waals surface area contributed by atoms with E-state index in [1.807, 2.05) is 19.1 Å². The Balaban J connectivity index is 1.28. The van der Waals surface area contributed by atoms with Crippen LogP contribution in [0.15, 0.2) is 42.5 Å². The molecule has 1 saturated heterocycles. The third-order valence-corrected chi connectivity index (χ3v) is 9.29. The molecule has 2 aromatic carbocycles. The summed E-state index contributed by atoms with van der Waals surface area (Å²) in [6, 6.07) is 9.09. The lowest BCUT2D eigenvalue weighted by Gasteiger charge is -2.37. The molecule has 3 fully saturated rings. The van der Waals surface area contributed by atoms with Crippen molar-refractivity contribution in [3.63, 3.8) is 0 Å². The number of amides is 2. The van der Waals surface area contributed by atoms with E-state index in [1.54, 1.807) is 0 Å². The van der Waals surface area contributed by atoms with Crippen LogP contribution in [0.1, 0.15) is 68.1 Å². The van der Waals surface area contributed by atoms with Crippen molar-refractivity contribution in [1.29, 1.82) is 0 Å². The summed E-state index contributed by atoms with van der Waals surface area (Å²) in [5.41, 5.74) is -0.747. The molecule has 0 bridgehead atoms. The number of piperidine rings is 1. The average Bonchev–Trinajstić information content (AvgIpc) is 3.63. The number of rotatable bonds is 8. The zero-order valence-corrected chi connectivity index (χ0v) is 23.1. The second-order valence-electron chi connectivity index (χ2n) is 11.8. The molecular formula is C31H36F5N3O2. The van der Waals surface area contributed by atoms with Gasteiger partial charge in [-0.3, -0.25) is 9.59 Å². The minimum atomic E-state index is -4.70. The fourth-order valence-corrected chi connectivity index (χ4v) is 7.08. The number of nitrogens with zero attached hydrogens (tertiary/aromatic N) is 1. The summed E-state index contributed by atoms with van der Waals surface area (Å²) in [4.78, 5) is 28.8. The van der Waals surface area contributed by atoms with Gasteiger partial charge in [-0.1, -0.05) is 12.1 Å². The molecule has 4 atom stereocenters. The second kappa shape index (κ2) is 11.7. The number of benzene rings is 2. The summed E-state index contributed by atoms with van der Waals surface area (Å²) in [6.45, 7) is 3.80. The molecule has 1 heterocycles. The second-order valence-corrected chi connectivity index (χ2v) is 11.8. The molecule has 2 aliphatic carbocycles. The van der Waals surface area contributed by atoms with Crippen LogP contribution in [0.4, 0.5) is 22.0 Å². The van der Waals surface area contributed by atoms with E-state index in [4.69, 9.17) is 0 Å². The first-order chi connectivity index (χ1) is 19.5. The highest BCUT2D eigenvalue weighted by molar-refractivity contribution is 5.88. The Morgan fingerprint density at radius 1 is 0.976 bits per heavy atom. The maximum Gasteiger partial charge on any atom is 0.416 e. The molecule has 3 aliphatic rings. The average molecular weight is 578 g/mol. The van der Waals surface area contributed by atoms with Gasteiger partial charge in [0.15, 0.2) is 0 Å². The lowest BCUT2D eigenvalue weighted by molar-refractivity contribution is -0.137. The van der Waals surface area contributed by atoms with Gasteiger partial charge in [0.25, 0.3) is 0 Å². The monoisotopic (exact) mass is 577 g/mol. The first-order valence-corrected chi connectivity index (χ1v) is 14.4. The van der Waals surface area contributed by atoms with Crippen LogP contribution in [0, 0.1) is 28.9 Å². The molecule has 1 aliphatic heterocycles. The van der Waals surface area contributed by atoms with Crippen molar-refractivity contribution < 1.29 is 31.5 Å². The molecular weight excluding hydrogens is 541 g/mol. The molecule has 5 nitrogen and oxygen atoms in total. The van der Waals surface area contributed by atoms with Gasteiger partial charge < -0.3 is 15.5 Å². The van der Waals surface area contributed by atoms with E-state index in [0.29, 0.717) is 37.8 Å². The van der Waals surface area contributed by atoms with Gasteiger partial charge in [-0.2, -0.15) is 13.2 Å². The van der Waals surface area contributed by atoms with Crippen LogP contribution in [0.25, 0.3) is 0 Å². The Morgan fingerprint density at radius 3 is 2.34 bits per heavy atom. The quantitative estimate of drug-likeness (QED) is 0.391. The lowest BCUT2D eigenvalue weighted by atomic mass is 9.78. The third-order valence-electron chi connectivity index (χ3n) is 9.29. The molecule has 0 radical (unpaired) electrons. The van der Waals surface area contributed by atoms with Gasteiger partial charge in [0.2, 0.25) is 11.8 Å². The first kappa shape index (κ1) is 29.5. The number of likely N-dealkylation sites (tertiary alicyclic amines) is 1. The first-order valence-electron chi connectivity index (χ1n) is 14.4. The number of carbonyl (C=O) groups excluding carboxylic acids is 2. The predicted molar refractivity (Wildman–Crippen MR) is 144 cm³/mol. The smallest absolute Gasteiger partial charge is 0.356 e. The molecule has 41 heavy (non-hydrogen) atoms. The molecule has 2 amide bonds. The molecule has 5 rings (SSSR count). The number of alkyl halides is 3. The van der Waals surface area contributed by atoms with Crippen LogP contribution in [0.5, 0.6) is 0 Å². The van der Waals surface area contributed by atoms with E-state index in [0.717, 1.165) is 50.0 Å². The summed E-state index contributed by atoms with van der Waals surface area (Å²) >= 11 is 0. The fraction of sp³-hybridized carbons (Fsp3) is 0.548. The van der Waals surface area contributed by atoms with Gasteiger partial charge in [-0.25, -0.2) is 8.78 Å². The van der Waals surface area contributed by atoms with Crippen LogP contribution < -0.4 is 10.6 Å². The molecule has 4 unspecified atom stereocenters. The van der Waals surface area contributed by atoms with Crippen molar-refractivity contribution in [3.8, 4) is 0 Å². The standard InChI is InChI=1S/C31H36F5N3O2/c1-2-37-28(40)26-16-27(26)30(29(41)38-18-19-13-22(31(34,35)36)15-24(33)14-19)10-7-25(17-30)39-11-8-21(9-12-39)20-3-5-23(32)6-4-20/h3-6,13-15,21,25-27H,2,7-12,16-18H2,1H3,(H,37,40)(H,38,41). The van der Waals surface area contributed by atoms with Gasteiger partial charge in [0, 0.05) is 25.0 Å². The van der Waals surface area contributed by atoms with E-state index in [9.17, 15) is 31.5 Å². The van der Waals surface area contributed by atoms with Gasteiger partial charge >= 0.3 is 6.18 Å². The predicted octanol–water partition coefficient (Wildman–Crippen LogP) is 5.79. The van der Waals surface area contributed by atoms with Crippen molar-refractivity contribution >= 4 is 11.8 Å². The van der Waals surface area contributed by atoms with Gasteiger partial charge in [-0.05, 0) is 112 Å². The van der Waals surface area contributed by atoms with E-state index in [2.05, 4.69) is 15.5 Å². The molecule has 2 aromatic rings. The van der Waals surface area contributed by atoms with Crippen LogP contribution in [0.2, 0.25) is 0 Å². The van der Waals surface area contributed by atoms with Gasteiger partial charge in [-0.15, -0.1) is 0 Å². The van der Waals surface area contributed by atoms with Crippen LogP contribution in [0.3, 0.4) is 0 Å². The normalized spacial score (nSPS) is 27.0. The molecule has 222 valence electrons. The number of hydrogen-bond acceptors (Lipinski definition) is 3. The van der Waals surface area contributed by atoms with Crippen molar-refractivity contribution in [2.75, 3.05) is 19.6 Å². The zero-order valence-electron chi connectivity index (χ0n) is 23.1. The largest absolute Gasteiger partial charge is 0.416 e. The Morgan fingerprint density at radius 2 is 1.68 bits per heavy atom. The number of nitrogens with one attached hydrogen (secondary N) is 2. The minimum Gasteiger partial charge on any atom is -0.356 e. The number of carbonyl (C=O) groups is 2. The van der Waals surface area contributed by atoms with E-state index < -0.39 is 23.0 Å². The Labute approximate surface area is 236 Å². The van der Waals surface area contributed by atoms with Crippen molar-refractivity contribution in [2.24, 2.45) is 17.3 Å². The van der Waals surface area contributed by atoms with E-state index in [1.165, 1.54) is 12.1 Å². The summed E-state index contributed by atoms with van der Waals surface area (Å²) in [5.74, 6) is -1.69. The summed E-state index contributed by atoms with van der Waals surface area (Å²) in [6.07, 6.45) is -0.321. The lowest BCUT2D eigenvalue weighted by Crippen LogP contribution is -2.45. The fourth-order valence-electron chi connectivity index (χ4n) is 7.08. The minimum absolute atomic E-state index is 0.0364. The molecule has 0 aromatic heterocycles. The SMILES string of the molecule is CCNC(=O)C1CC1C1(C(=O)NCc2cc(F)cc(C(F)(F)F)c2)CCC(N2CCC(c3ccc(F)cc3)CC2)C1. The van der Waals surface area contributed by atoms with Crippen LogP contribution in [-0.4, -0.2) is 42.4 Å². The Hall–Kier alpha value is -3.01. The summed E-state index contributed by atoms with van der Waals surface area (Å²) in [7, 11) is 0. The van der Waals surface area contributed by atoms with Crippen LogP contribution >= 0.6 is 0 Å². The van der Waals surface area contributed by atoms with Crippen molar-refractivity contribution in [3.05, 3.63) is 70.8 Å². The topological polar surface area (TPSA) is 61.4 Å². The third kappa shape index (κ3) is 6.42. The molecule has 2 N–H and O–H groups in total. The molecule has 2 saturated carbocycles. The zero-order chi connectivity index (χ0) is 29.4. The Bertz CT molecular complexity index is 1260. The highest BCUT2D eigenvalue weighted by Crippen LogP contribution is 2.59. The van der Waals surface area contributed by atoms with Crippen molar-refractivity contribution in [1.82, 2.24) is 15.5 Å². The highest BCUT2D eigenvalue weighted by atomic mass is 19.4. The molecule has 0 spiro atoms. The maximum atomic E-state index is 13.9. The van der Waals surface area contributed by atoms with Gasteiger partial charge in [0.05, 0.1) is 11.0 Å². The maximum absolute atomic E-state index is 13.9. The van der Waals surface area contributed by atoms with Crippen LogP contribution in [-0.2, 0) is 22.3 Å². The number of halogens is 5. The Kier molecular flexibility index (Phi) is 8.41. The summed E-state index contributed by atoms with van der Waals surface area (Å²) < 4.78 is 66.9. The van der Waals surface area contributed by atoms with Crippen molar-refractivity contribution in [2.45, 2.75) is 70.1 Å². The number of hydrogen-bond donors (Lipinski definition) is 2. The van der Waals surface area contributed by atoms with Gasteiger partial charge in [0.1, 0.15) is 11.6 Å². The molecule has 10 heteroatoms. The highest BCUT2D eigenvalue weighted by Gasteiger charge is 2.62.